The third kappa shape index (κ3) is 4.97. The highest BCUT2D eigenvalue weighted by Crippen LogP contribution is 2.08. The average molecular weight is 381 g/mol. The van der Waals surface area contributed by atoms with Crippen LogP contribution >= 0.6 is 0 Å². The molecule has 1 aromatic heterocycles. The number of aromatic nitrogens is 1. The van der Waals surface area contributed by atoms with Gasteiger partial charge >= 0.3 is 0 Å². The Bertz CT molecular complexity index is 991. The van der Waals surface area contributed by atoms with Crippen molar-refractivity contribution in [2.75, 3.05) is 0 Å². The molecule has 2 amide bonds. The van der Waals surface area contributed by atoms with Crippen LogP contribution in [0.1, 0.15) is 31.8 Å². The molecule has 0 saturated carbocycles. The third-order valence-electron chi connectivity index (χ3n) is 4.03. The molecule has 28 heavy (non-hydrogen) atoms. The third-order valence-corrected chi connectivity index (χ3v) is 4.03. The molecule has 0 aliphatic heterocycles. The second-order valence-corrected chi connectivity index (χ2v) is 6.05. The van der Waals surface area contributed by atoms with E-state index >= 15 is 0 Å². The van der Waals surface area contributed by atoms with E-state index < -0.39 is 17.6 Å². The van der Waals surface area contributed by atoms with E-state index in [1.54, 1.807) is 30.3 Å². The molecule has 0 bridgehead atoms. The van der Waals surface area contributed by atoms with Gasteiger partial charge < -0.3 is 10.6 Å². The number of amides is 2. The minimum atomic E-state index is -0.469. The molecule has 0 radical (unpaired) electrons. The first-order valence-corrected chi connectivity index (χ1v) is 8.52. The smallest absolute Gasteiger partial charge is 0.253 e. The number of hydrogen-bond acceptors (Lipinski definition) is 3. The summed E-state index contributed by atoms with van der Waals surface area (Å²) >= 11 is 0. The van der Waals surface area contributed by atoms with Gasteiger partial charge in [0, 0.05) is 31.0 Å². The molecule has 7 heteroatoms. The molecule has 0 unspecified atom stereocenters. The zero-order valence-corrected chi connectivity index (χ0v) is 14.8. The second-order valence-electron chi connectivity index (χ2n) is 6.05. The van der Waals surface area contributed by atoms with E-state index in [1.807, 2.05) is 0 Å². The van der Waals surface area contributed by atoms with E-state index in [0.29, 0.717) is 5.56 Å². The van der Waals surface area contributed by atoms with Crippen LogP contribution in [0.25, 0.3) is 0 Å². The molecule has 2 aromatic carbocycles. The Balaban J connectivity index is 1.60. The monoisotopic (exact) mass is 381 g/mol. The first kappa shape index (κ1) is 19.2. The Morgan fingerprint density at radius 3 is 2.07 bits per heavy atom. The van der Waals surface area contributed by atoms with Crippen molar-refractivity contribution in [2.45, 2.75) is 13.1 Å². The maximum Gasteiger partial charge on any atom is 0.253 e. The second kappa shape index (κ2) is 8.85. The summed E-state index contributed by atoms with van der Waals surface area (Å²) < 4.78 is 26.5. The van der Waals surface area contributed by atoms with Crippen LogP contribution in [-0.4, -0.2) is 16.8 Å². The summed E-state index contributed by atoms with van der Waals surface area (Å²) in [5.41, 5.74) is 1.49. The summed E-state index contributed by atoms with van der Waals surface area (Å²) in [5, 5.41) is 5.28. The van der Waals surface area contributed by atoms with E-state index in [9.17, 15) is 18.4 Å². The molecule has 0 atom stereocenters. The SMILES string of the molecule is O=C(NCc1ccc(F)cc1)c1cncc(C(=O)NCc2ccccc2F)c1. The summed E-state index contributed by atoms with van der Waals surface area (Å²) in [4.78, 5) is 28.5. The van der Waals surface area contributed by atoms with E-state index in [-0.39, 0.29) is 30.0 Å². The van der Waals surface area contributed by atoms with Crippen molar-refractivity contribution in [1.82, 2.24) is 15.6 Å². The summed E-state index contributed by atoms with van der Waals surface area (Å²) in [7, 11) is 0. The van der Waals surface area contributed by atoms with Crippen molar-refractivity contribution in [3.8, 4) is 0 Å². The van der Waals surface area contributed by atoms with Crippen LogP contribution in [0.2, 0.25) is 0 Å². The van der Waals surface area contributed by atoms with Crippen molar-refractivity contribution in [3.63, 3.8) is 0 Å². The van der Waals surface area contributed by atoms with Crippen molar-refractivity contribution in [3.05, 3.63) is 101 Å². The van der Waals surface area contributed by atoms with Crippen molar-refractivity contribution in [2.24, 2.45) is 0 Å². The summed E-state index contributed by atoms with van der Waals surface area (Å²) in [5.74, 6) is -1.65. The molecular weight excluding hydrogens is 364 g/mol. The van der Waals surface area contributed by atoms with Gasteiger partial charge in [0.2, 0.25) is 0 Å². The van der Waals surface area contributed by atoms with Crippen LogP contribution in [0.15, 0.2) is 67.0 Å². The van der Waals surface area contributed by atoms with Gasteiger partial charge in [-0.25, -0.2) is 8.78 Å². The Morgan fingerprint density at radius 1 is 0.821 bits per heavy atom. The number of rotatable bonds is 6. The molecular formula is C21H17F2N3O2. The average Bonchev–Trinajstić information content (AvgIpc) is 2.72. The number of nitrogens with zero attached hydrogens (tertiary/aromatic N) is 1. The lowest BCUT2D eigenvalue weighted by atomic mass is 10.1. The maximum atomic E-state index is 13.6. The van der Waals surface area contributed by atoms with E-state index in [1.165, 1.54) is 36.7 Å². The Labute approximate surface area is 160 Å². The van der Waals surface area contributed by atoms with E-state index in [4.69, 9.17) is 0 Å². The first-order chi connectivity index (χ1) is 13.5. The normalized spacial score (nSPS) is 10.4. The highest BCUT2D eigenvalue weighted by atomic mass is 19.1. The number of halogens is 2. The molecule has 0 spiro atoms. The topological polar surface area (TPSA) is 71.1 Å². The zero-order chi connectivity index (χ0) is 19.9. The molecule has 2 N–H and O–H groups in total. The molecule has 0 aliphatic carbocycles. The Morgan fingerprint density at radius 2 is 1.43 bits per heavy atom. The number of carbonyl (C=O) groups is 2. The minimum absolute atomic E-state index is 0.0203. The van der Waals surface area contributed by atoms with Crippen LogP contribution in [0.4, 0.5) is 8.78 Å². The molecule has 0 fully saturated rings. The van der Waals surface area contributed by atoms with Gasteiger partial charge in [0.15, 0.2) is 0 Å². The molecule has 0 aliphatic rings. The predicted molar refractivity (Wildman–Crippen MR) is 99.4 cm³/mol. The fraction of sp³-hybridized carbons (Fsp3) is 0.0952. The predicted octanol–water partition coefficient (Wildman–Crippen LogP) is 3.22. The lowest BCUT2D eigenvalue weighted by Gasteiger charge is -2.08. The van der Waals surface area contributed by atoms with Gasteiger partial charge in [-0.05, 0) is 29.8 Å². The Hall–Kier alpha value is -3.61. The van der Waals surface area contributed by atoms with Crippen LogP contribution in [0.3, 0.4) is 0 Å². The van der Waals surface area contributed by atoms with Gasteiger partial charge in [-0.1, -0.05) is 30.3 Å². The molecule has 142 valence electrons. The molecule has 3 aromatic rings. The molecule has 3 rings (SSSR count). The number of pyridine rings is 1. The quantitative estimate of drug-likeness (QED) is 0.689. The summed E-state index contributed by atoms with van der Waals surface area (Å²) in [6, 6.07) is 13.3. The molecule has 1 heterocycles. The van der Waals surface area contributed by atoms with Gasteiger partial charge in [0.25, 0.3) is 11.8 Å². The van der Waals surface area contributed by atoms with Crippen molar-refractivity contribution >= 4 is 11.8 Å². The van der Waals surface area contributed by atoms with E-state index in [0.717, 1.165) is 5.56 Å². The molecule has 0 saturated heterocycles. The molecule has 5 nitrogen and oxygen atoms in total. The number of hydrogen-bond donors (Lipinski definition) is 2. The maximum absolute atomic E-state index is 13.6. The number of benzene rings is 2. The van der Waals surface area contributed by atoms with Crippen molar-refractivity contribution in [1.29, 1.82) is 0 Å². The Kier molecular flexibility index (Phi) is 6.06. The largest absolute Gasteiger partial charge is 0.348 e. The first-order valence-electron chi connectivity index (χ1n) is 8.52. The van der Waals surface area contributed by atoms with Crippen molar-refractivity contribution < 1.29 is 18.4 Å². The van der Waals surface area contributed by atoms with Crippen LogP contribution in [0.5, 0.6) is 0 Å². The van der Waals surface area contributed by atoms with Gasteiger partial charge in [0.05, 0.1) is 11.1 Å². The summed E-state index contributed by atoms with van der Waals surface area (Å²) in [6.45, 7) is 0.231. The zero-order valence-electron chi connectivity index (χ0n) is 14.8. The number of nitrogens with one attached hydrogen (secondary N) is 2. The fourth-order valence-electron chi connectivity index (χ4n) is 2.49. The van der Waals surface area contributed by atoms with Gasteiger partial charge in [-0.2, -0.15) is 0 Å². The van der Waals surface area contributed by atoms with Crippen LogP contribution < -0.4 is 10.6 Å². The minimum Gasteiger partial charge on any atom is -0.348 e. The van der Waals surface area contributed by atoms with Gasteiger partial charge in [-0.3, -0.25) is 14.6 Å². The van der Waals surface area contributed by atoms with Crippen LogP contribution in [-0.2, 0) is 13.1 Å². The van der Waals surface area contributed by atoms with Gasteiger partial charge in [-0.15, -0.1) is 0 Å². The lowest BCUT2D eigenvalue weighted by Crippen LogP contribution is -2.26. The fourth-order valence-corrected chi connectivity index (χ4v) is 2.49. The lowest BCUT2D eigenvalue weighted by molar-refractivity contribution is 0.0950. The van der Waals surface area contributed by atoms with Crippen LogP contribution in [0, 0.1) is 11.6 Å². The van der Waals surface area contributed by atoms with E-state index in [2.05, 4.69) is 15.6 Å². The summed E-state index contributed by atoms with van der Waals surface area (Å²) in [6.07, 6.45) is 2.67. The highest BCUT2D eigenvalue weighted by molar-refractivity contribution is 5.99. The highest BCUT2D eigenvalue weighted by Gasteiger charge is 2.12. The van der Waals surface area contributed by atoms with Gasteiger partial charge in [0.1, 0.15) is 11.6 Å². The number of carbonyl (C=O) groups excluding carboxylic acids is 2. The standard InChI is InChI=1S/C21H17F2N3O2/c22-18-7-5-14(6-8-18)10-25-20(27)16-9-17(12-24-11-16)21(28)26-13-15-3-1-2-4-19(15)23/h1-9,11-12H,10,13H2,(H,25,27)(H,26,28).